The van der Waals surface area contributed by atoms with E-state index >= 15 is 0 Å². The molecule has 3 aromatic rings. The van der Waals surface area contributed by atoms with Gasteiger partial charge in [0.05, 0.1) is 17.4 Å². The van der Waals surface area contributed by atoms with Gasteiger partial charge in [0.15, 0.2) is 0 Å². The van der Waals surface area contributed by atoms with E-state index in [-0.39, 0.29) is 25.0 Å². The van der Waals surface area contributed by atoms with E-state index in [9.17, 15) is 19.2 Å². The standard InChI is InChI=1S/C23H24N4O4/c24-20(28)14-26-19-8-4-3-7-18(19)22(30)27(23(26)31)13-15-9-11-16(12-10-15)21(29)25-17-5-1-2-6-17/h3-4,7-12,17H,1-2,5-6,13-14H2,(H2,24,28)(H,25,29). The van der Waals surface area contributed by atoms with E-state index in [2.05, 4.69) is 5.32 Å². The third-order valence-electron chi connectivity index (χ3n) is 5.69. The second-order valence-corrected chi connectivity index (χ2v) is 7.90. The molecule has 2 amide bonds. The van der Waals surface area contributed by atoms with Crippen molar-refractivity contribution in [2.75, 3.05) is 0 Å². The number of nitrogens with two attached hydrogens (primary N) is 1. The number of nitrogens with zero attached hydrogens (tertiary/aromatic N) is 2. The second-order valence-electron chi connectivity index (χ2n) is 7.90. The summed E-state index contributed by atoms with van der Waals surface area (Å²) in [5.74, 6) is -0.791. The molecule has 8 nitrogen and oxygen atoms in total. The van der Waals surface area contributed by atoms with Gasteiger partial charge in [-0.05, 0) is 42.7 Å². The molecular weight excluding hydrogens is 396 g/mol. The summed E-state index contributed by atoms with van der Waals surface area (Å²) in [7, 11) is 0. The lowest BCUT2D eigenvalue weighted by Crippen LogP contribution is -2.42. The first-order chi connectivity index (χ1) is 14.9. The Morgan fingerprint density at radius 3 is 2.32 bits per heavy atom. The van der Waals surface area contributed by atoms with Crippen molar-refractivity contribution in [3.05, 3.63) is 80.5 Å². The van der Waals surface area contributed by atoms with Crippen LogP contribution in [0, 0.1) is 0 Å². The van der Waals surface area contributed by atoms with E-state index in [1.54, 1.807) is 48.5 Å². The van der Waals surface area contributed by atoms with Crippen LogP contribution < -0.4 is 22.3 Å². The molecule has 0 radical (unpaired) electrons. The summed E-state index contributed by atoms with van der Waals surface area (Å²) in [6, 6.07) is 13.7. The molecule has 0 unspecified atom stereocenters. The Morgan fingerprint density at radius 2 is 1.65 bits per heavy atom. The smallest absolute Gasteiger partial charge is 0.332 e. The average Bonchev–Trinajstić information content (AvgIpc) is 3.27. The monoisotopic (exact) mass is 420 g/mol. The fourth-order valence-corrected chi connectivity index (χ4v) is 4.10. The lowest BCUT2D eigenvalue weighted by molar-refractivity contribution is -0.118. The van der Waals surface area contributed by atoms with Crippen molar-refractivity contribution in [2.24, 2.45) is 5.73 Å². The van der Waals surface area contributed by atoms with Crippen LogP contribution in [0.25, 0.3) is 10.9 Å². The fraction of sp³-hybridized carbons (Fsp3) is 0.304. The topological polar surface area (TPSA) is 116 Å². The molecule has 1 saturated carbocycles. The van der Waals surface area contributed by atoms with E-state index in [0.717, 1.165) is 30.3 Å². The van der Waals surface area contributed by atoms with Crippen molar-refractivity contribution in [1.82, 2.24) is 14.5 Å². The minimum Gasteiger partial charge on any atom is -0.368 e. The third-order valence-corrected chi connectivity index (χ3v) is 5.69. The minimum absolute atomic E-state index is 0.0196. The Bertz CT molecular complexity index is 1250. The number of rotatable bonds is 6. The lowest BCUT2D eigenvalue weighted by Gasteiger charge is -2.14. The van der Waals surface area contributed by atoms with E-state index in [0.29, 0.717) is 22.0 Å². The van der Waals surface area contributed by atoms with Gasteiger partial charge in [-0.1, -0.05) is 37.1 Å². The normalized spacial score (nSPS) is 14.1. The molecule has 2 aromatic carbocycles. The van der Waals surface area contributed by atoms with Crippen LogP contribution in [-0.2, 0) is 17.9 Å². The zero-order valence-electron chi connectivity index (χ0n) is 17.0. The fourth-order valence-electron chi connectivity index (χ4n) is 4.10. The molecule has 0 atom stereocenters. The van der Waals surface area contributed by atoms with E-state index in [1.165, 1.54) is 4.57 Å². The van der Waals surface area contributed by atoms with Gasteiger partial charge in [0.2, 0.25) is 5.91 Å². The van der Waals surface area contributed by atoms with Gasteiger partial charge >= 0.3 is 5.69 Å². The molecule has 4 rings (SSSR count). The molecule has 1 heterocycles. The quantitative estimate of drug-likeness (QED) is 0.626. The van der Waals surface area contributed by atoms with Gasteiger partial charge in [-0.25, -0.2) is 4.79 Å². The highest BCUT2D eigenvalue weighted by Gasteiger charge is 2.18. The van der Waals surface area contributed by atoms with Crippen molar-refractivity contribution in [1.29, 1.82) is 0 Å². The molecule has 1 aliphatic carbocycles. The van der Waals surface area contributed by atoms with Crippen LogP contribution in [-0.4, -0.2) is 27.0 Å². The predicted molar refractivity (Wildman–Crippen MR) is 117 cm³/mol. The van der Waals surface area contributed by atoms with Crippen molar-refractivity contribution < 1.29 is 9.59 Å². The molecule has 0 saturated heterocycles. The SMILES string of the molecule is NC(=O)Cn1c(=O)n(Cc2ccc(C(=O)NC3CCCC3)cc2)c(=O)c2ccccc21. The van der Waals surface area contributed by atoms with Crippen molar-refractivity contribution >= 4 is 22.7 Å². The summed E-state index contributed by atoms with van der Waals surface area (Å²) in [5.41, 5.74) is 5.85. The van der Waals surface area contributed by atoms with Crippen LogP contribution in [0.2, 0.25) is 0 Å². The van der Waals surface area contributed by atoms with Crippen LogP contribution >= 0.6 is 0 Å². The van der Waals surface area contributed by atoms with Gasteiger partial charge in [-0.2, -0.15) is 0 Å². The first kappa shape index (κ1) is 20.6. The number of carbonyl (C=O) groups is 2. The number of carbonyl (C=O) groups excluding carboxylic acids is 2. The van der Waals surface area contributed by atoms with Crippen LogP contribution in [0.1, 0.15) is 41.6 Å². The van der Waals surface area contributed by atoms with Gasteiger partial charge in [0.1, 0.15) is 6.54 Å². The van der Waals surface area contributed by atoms with Crippen LogP contribution in [0.3, 0.4) is 0 Å². The number of fused-ring (bicyclic) bond motifs is 1. The van der Waals surface area contributed by atoms with Gasteiger partial charge < -0.3 is 11.1 Å². The van der Waals surface area contributed by atoms with Crippen molar-refractivity contribution in [3.63, 3.8) is 0 Å². The summed E-state index contributed by atoms with van der Waals surface area (Å²) in [5, 5.41) is 3.37. The highest BCUT2D eigenvalue weighted by atomic mass is 16.2. The highest BCUT2D eigenvalue weighted by molar-refractivity contribution is 5.94. The molecule has 0 spiro atoms. The maximum atomic E-state index is 13.0. The first-order valence-electron chi connectivity index (χ1n) is 10.3. The molecule has 8 heteroatoms. The van der Waals surface area contributed by atoms with Gasteiger partial charge in [0.25, 0.3) is 11.5 Å². The molecule has 1 aliphatic rings. The van der Waals surface area contributed by atoms with Gasteiger partial charge in [-0.3, -0.25) is 23.5 Å². The maximum Gasteiger partial charge on any atom is 0.332 e. The number of nitrogens with one attached hydrogen (secondary N) is 1. The second kappa shape index (κ2) is 8.59. The minimum atomic E-state index is -0.671. The molecule has 0 bridgehead atoms. The molecule has 160 valence electrons. The molecule has 3 N–H and O–H groups in total. The summed E-state index contributed by atoms with van der Waals surface area (Å²) in [6.45, 7) is -0.300. The number of para-hydroxylation sites is 1. The molecule has 1 fully saturated rings. The summed E-state index contributed by atoms with van der Waals surface area (Å²) in [6.07, 6.45) is 4.29. The number of hydrogen-bond acceptors (Lipinski definition) is 4. The van der Waals surface area contributed by atoms with E-state index in [1.807, 2.05) is 0 Å². The summed E-state index contributed by atoms with van der Waals surface area (Å²) < 4.78 is 2.29. The molecular formula is C23H24N4O4. The molecule has 31 heavy (non-hydrogen) atoms. The Morgan fingerprint density at radius 1 is 0.968 bits per heavy atom. The van der Waals surface area contributed by atoms with Crippen LogP contribution in [0.15, 0.2) is 58.1 Å². The Balaban J connectivity index is 1.64. The lowest BCUT2D eigenvalue weighted by atomic mass is 10.1. The summed E-state index contributed by atoms with van der Waals surface area (Å²) >= 11 is 0. The van der Waals surface area contributed by atoms with Gasteiger partial charge in [0, 0.05) is 11.6 Å². The summed E-state index contributed by atoms with van der Waals surface area (Å²) in [4.78, 5) is 49.8. The number of benzene rings is 2. The molecule has 1 aromatic heterocycles. The largest absolute Gasteiger partial charge is 0.368 e. The molecule has 0 aliphatic heterocycles. The van der Waals surface area contributed by atoms with Crippen molar-refractivity contribution in [2.45, 2.75) is 44.8 Å². The maximum absolute atomic E-state index is 13.0. The Hall–Kier alpha value is -3.68. The number of primary amides is 1. The highest BCUT2D eigenvalue weighted by Crippen LogP contribution is 2.18. The van der Waals surface area contributed by atoms with E-state index < -0.39 is 17.2 Å². The van der Waals surface area contributed by atoms with Gasteiger partial charge in [-0.15, -0.1) is 0 Å². The third kappa shape index (κ3) is 4.28. The Kier molecular flexibility index (Phi) is 5.70. The predicted octanol–water partition coefficient (Wildman–Crippen LogP) is 1.37. The Labute approximate surface area is 178 Å². The van der Waals surface area contributed by atoms with Crippen LogP contribution in [0.4, 0.5) is 0 Å². The zero-order chi connectivity index (χ0) is 22.0. The first-order valence-corrected chi connectivity index (χ1v) is 10.3. The number of aromatic nitrogens is 2. The van der Waals surface area contributed by atoms with Crippen molar-refractivity contribution in [3.8, 4) is 0 Å². The average molecular weight is 420 g/mol. The zero-order valence-corrected chi connectivity index (χ0v) is 17.0. The number of amides is 2. The van der Waals surface area contributed by atoms with E-state index in [4.69, 9.17) is 5.73 Å². The number of hydrogen-bond donors (Lipinski definition) is 2. The van der Waals surface area contributed by atoms with Crippen LogP contribution in [0.5, 0.6) is 0 Å².